The topological polar surface area (TPSA) is 61.2 Å². The van der Waals surface area contributed by atoms with Gasteiger partial charge in [0.2, 0.25) is 0 Å². The second-order valence-electron chi connectivity index (χ2n) is 5.99. The van der Waals surface area contributed by atoms with Gasteiger partial charge in [-0.2, -0.15) is 5.26 Å². The third-order valence-corrected chi connectivity index (χ3v) is 4.45. The fourth-order valence-corrected chi connectivity index (χ4v) is 3.09. The van der Waals surface area contributed by atoms with Crippen LogP contribution in [0.2, 0.25) is 0 Å². The second-order valence-corrected chi connectivity index (χ2v) is 5.99. The van der Waals surface area contributed by atoms with Crippen LogP contribution in [0.4, 0.5) is 0 Å². The SMILES string of the molecule is N#Cc1cccc(C(=O)N2CCC(C(=O)c3ccccc3)CC2)c1. The fourth-order valence-electron chi connectivity index (χ4n) is 3.09. The number of benzene rings is 2. The smallest absolute Gasteiger partial charge is 0.253 e. The van der Waals surface area contributed by atoms with Crippen molar-refractivity contribution in [3.8, 4) is 6.07 Å². The van der Waals surface area contributed by atoms with Gasteiger partial charge in [0, 0.05) is 30.1 Å². The average Bonchev–Trinajstić information content (AvgIpc) is 2.67. The first-order valence-electron chi connectivity index (χ1n) is 8.08. The molecule has 1 fully saturated rings. The van der Waals surface area contributed by atoms with Crippen LogP contribution in [-0.2, 0) is 0 Å². The highest BCUT2D eigenvalue weighted by Gasteiger charge is 2.28. The zero-order valence-electron chi connectivity index (χ0n) is 13.3. The van der Waals surface area contributed by atoms with Gasteiger partial charge in [-0.25, -0.2) is 0 Å². The van der Waals surface area contributed by atoms with Gasteiger partial charge < -0.3 is 4.90 Å². The van der Waals surface area contributed by atoms with Crippen molar-refractivity contribution in [3.63, 3.8) is 0 Å². The predicted molar refractivity (Wildman–Crippen MR) is 90.6 cm³/mol. The highest BCUT2D eigenvalue weighted by Crippen LogP contribution is 2.23. The molecule has 0 atom stereocenters. The van der Waals surface area contributed by atoms with Crippen LogP contribution in [0.3, 0.4) is 0 Å². The predicted octanol–water partition coefficient (Wildman–Crippen LogP) is 3.29. The first-order chi connectivity index (χ1) is 11.7. The first-order valence-corrected chi connectivity index (χ1v) is 8.08. The minimum absolute atomic E-state index is 0.0260. The summed E-state index contributed by atoms with van der Waals surface area (Å²) in [5.74, 6) is 0.0637. The summed E-state index contributed by atoms with van der Waals surface area (Å²) in [7, 11) is 0. The van der Waals surface area contributed by atoms with Crippen molar-refractivity contribution in [2.75, 3.05) is 13.1 Å². The summed E-state index contributed by atoms with van der Waals surface area (Å²) >= 11 is 0. The number of piperidine rings is 1. The third kappa shape index (κ3) is 3.36. The lowest BCUT2D eigenvalue weighted by molar-refractivity contribution is 0.0650. The Balaban J connectivity index is 1.63. The zero-order valence-corrected chi connectivity index (χ0v) is 13.3. The van der Waals surface area contributed by atoms with Crippen LogP contribution in [0.1, 0.15) is 39.1 Å². The minimum atomic E-state index is -0.0716. The van der Waals surface area contributed by atoms with Gasteiger partial charge in [-0.05, 0) is 31.0 Å². The Hall–Kier alpha value is -2.93. The van der Waals surface area contributed by atoms with Gasteiger partial charge in [0.1, 0.15) is 0 Å². The Bertz CT molecular complexity index is 785. The highest BCUT2D eigenvalue weighted by atomic mass is 16.2. The van der Waals surface area contributed by atoms with E-state index in [1.54, 1.807) is 29.2 Å². The number of rotatable bonds is 3. The summed E-state index contributed by atoms with van der Waals surface area (Å²) in [6.45, 7) is 1.14. The monoisotopic (exact) mass is 318 g/mol. The number of likely N-dealkylation sites (tertiary alicyclic amines) is 1. The Morgan fingerprint density at radius 1 is 0.958 bits per heavy atom. The van der Waals surface area contributed by atoms with E-state index >= 15 is 0 Å². The van der Waals surface area contributed by atoms with Crippen LogP contribution in [-0.4, -0.2) is 29.7 Å². The molecule has 1 heterocycles. The molecule has 1 amide bonds. The lowest BCUT2D eigenvalue weighted by Gasteiger charge is -2.31. The van der Waals surface area contributed by atoms with E-state index in [9.17, 15) is 9.59 Å². The van der Waals surface area contributed by atoms with Gasteiger partial charge in [0.15, 0.2) is 5.78 Å². The number of hydrogen-bond donors (Lipinski definition) is 0. The Kier molecular flexibility index (Phi) is 4.72. The number of Topliss-reactive ketones (excluding diaryl/α,β-unsaturated/α-hetero) is 1. The number of nitriles is 1. The molecule has 1 saturated heterocycles. The van der Waals surface area contributed by atoms with Crippen molar-refractivity contribution < 1.29 is 9.59 Å². The molecule has 24 heavy (non-hydrogen) atoms. The summed E-state index contributed by atoms with van der Waals surface area (Å²) < 4.78 is 0. The number of hydrogen-bond acceptors (Lipinski definition) is 3. The van der Waals surface area contributed by atoms with Gasteiger partial charge in [0.05, 0.1) is 11.6 Å². The van der Waals surface area contributed by atoms with E-state index in [-0.39, 0.29) is 17.6 Å². The molecule has 0 N–H and O–H groups in total. The van der Waals surface area contributed by atoms with E-state index in [1.807, 2.05) is 36.4 Å². The van der Waals surface area contributed by atoms with Crippen LogP contribution in [0.5, 0.6) is 0 Å². The maximum absolute atomic E-state index is 12.5. The maximum Gasteiger partial charge on any atom is 0.253 e. The lowest BCUT2D eigenvalue weighted by Crippen LogP contribution is -2.40. The van der Waals surface area contributed by atoms with E-state index in [4.69, 9.17) is 5.26 Å². The molecule has 0 aliphatic carbocycles. The lowest BCUT2D eigenvalue weighted by atomic mass is 9.88. The van der Waals surface area contributed by atoms with Crippen LogP contribution in [0, 0.1) is 17.2 Å². The number of ketones is 1. The van der Waals surface area contributed by atoms with Gasteiger partial charge >= 0.3 is 0 Å². The van der Waals surface area contributed by atoms with Crippen LogP contribution in [0.25, 0.3) is 0 Å². The molecule has 0 bridgehead atoms. The molecule has 1 aliphatic heterocycles. The molecular weight excluding hydrogens is 300 g/mol. The minimum Gasteiger partial charge on any atom is -0.339 e. The quantitative estimate of drug-likeness (QED) is 0.816. The van der Waals surface area contributed by atoms with Gasteiger partial charge in [-0.3, -0.25) is 9.59 Å². The molecule has 0 unspecified atom stereocenters. The molecule has 3 rings (SSSR count). The van der Waals surface area contributed by atoms with Gasteiger partial charge in [-0.15, -0.1) is 0 Å². The summed E-state index contributed by atoms with van der Waals surface area (Å²) in [4.78, 5) is 26.8. The Morgan fingerprint density at radius 3 is 2.29 bits per heavy atom. The van der Waals surface area contributed by atoms with Crippen molar-refractivity contribution in [1.82, 2.24) is 4.90 Å². The molecule has 4 heteroatoms. The molecule has 2 aromatic rings. The fraction of sp³-hybridized carbons (Fsp3) is 0.250. The number of nitrogens with zero attached hydrogens (tertiary/aromatic N) is 2. The third-order valence-electron chi connectivity index (χ3n) is 4.45. The van der Waals surface area contributed by atoms with Crippen LogP contribution < -0.4 is 0 Å². The second kappa shape index (κ2) is 7.10. The standard InChI is InChI=1S/C20H18N2O2/c21-14-15-5-4-8-18(13-15)20(24)22-11-9-17(10-12-22)19(23)16-6-2-1-3-7-16/h1-8,13,17H,9-12H2. The van der Waals surface area contributed by atoms with Crippen molar-refractivity contribution >= 4 is 11.7 Å². The van der Waals surface area contributed by atoms with E-state index in [0.29, 0.717) is 37.1 Å². The van der Waals surface area contributed by atoms with E-state index in [2.05, 4.69) is 0 Å². The molecule has 0 aromatic heterocycles. The molecule has 120 valence electrons. The highest BCUT2D eigenvalue weighted by molar-refractivity contribution is 5.98. The molecule has 1 aliphatic rings. The van der Waals surface area contributed by atoms with E-state index in [0.717, 1.165) is 5.56 Å². The molecule has 0 spiro atoms. The summed E-state index contributed by atoms with van der Waals surface area (Å²) in [6.07, 6.45) is 1.36. The normalized spacial score (nSPS) is 14.9. The average molecular weight is 318 g/mol. The summed E-state index contributed by atoms with van der Waals surface area (Å²) in [6, 6.07) is 18.1. The Labute approximate surface area is 141 Å². The zero-order chi connectivity index (χ0) is 16.9. The largest absolute Gasteiger partial charge is 0.339 e. The maximum atomic E-state index is 12.5. The van der Waals surface area contributed by atoms with E-state index < -0.39 is 0 Å². The summed E-state index contributed by atoms with van der Waals surface area (Å²) in [5.41, 5.74) is 1.75. The molecule has 4 nitrogen and oxygen atoms in total. The first kappa shape index (κ1) is 15.9. The van der Waals surface area contributed by atoms with Gasteiger partial charge in [0.25, 0.3) is 5.91 Å². The van der Waals surface area contributed by atoms with Crippen molar-refractivity contribution in [1.29, 1.82) is 5.26 Å². The van der Waals surface area contributed by atoms with Crippen molar-refractivity contribution in [2.45, 2.75) is 12.8 Å². The molecule has 0 saturated carbocycles. The van der Waals surface area contributed by atoms with Crippen molar-refractivity contribution in [3.05, 3.63) is 71.3 Å². The molecule has 0 radical (unpaired) electrons. The van der Waals surface area contributed by atoms with Crippen LogP contribution in [0.15, 0.2) is 54.6 Å². The van der Waals surface area contributed by atoms with Gasteiger partial charge in [-0.1, -0.05) is 36.4 Å². The number of carbonyl (C=O) groups excluding carboxylic acids is 2. The Morgan fingerprint density at radius 2 is 1.62 bits per heavy atom. The number of amides is 1. The number of carbonyl (C=O) groups is 2. The molecule has 2 aromatic carbocycles. The summed E-state index contributed by atoms with van der Waals surface area (Å²) in [5, 5.41) is 8.95. The van der Waals surface area contributed by atoms with Crippen LogP contribution >= 0.6 is 0 Å². The van der Waals surface area contributed by atoms with Crippen molar-refractivity contribution in [2.24, 2.45) is 5.92 Å². The van der Waals surface area contributed by atoms with E-state index in [1.165, 1.54) is 0 Å². The molecular formula is C20H18N2O2.